The molecule has 9 heteroatoms. The van der Waals surface area contributed by atoms with Crippen molar-refractivity contribution in [2.45, 2.75) is 6.92 Å². The quantitative estimate of drug-likeness (QED) is 0.380. The number of nitrogens with zero attached hydrogens (tertiary/aromatic N) is 5. The van der Waals surface area contributed by atoms with Crippen LogP contribution >= 0.6 is 0 Å². The molecule has 2 amide bonds. The van der Waals surface area contributed by atoms with Crippen LogP contribution in [0.15, 0.2) is 85.2 Å². The lowest BCUT2D eigenvalue weighted by Crippen LogP contribution is -2.19. The maximum Gasteiger partial charge on any atom is 0.323 e. The van der Waals surface area contributed by atoms with Gasteiger partial charge in [0.1, 0.15) is 5.75 Å². The van der Waals surface area contributed by atoms with Crippen LogP contribution in [-0.2, 0) is 0 Å². The van der Waals surface area contributed by atoms with Gasteiger partial charge in [-0.1, -0.05) is 12.1 Å². The van der Waals surface area contributed by atoms with Crippen LogP contribution in [0.25, 0.3) is 28.3 Å². The summed E-state index contributed by atoms with van der Waals surface area (Å²) in [5.41, 5.74) is 4.38. The number of pyridine rings is 1. The summed E-state index contributed by atoms with van der Waals surface area (Å²) in [6.45, 7) is 2.52. The normalized spacial score (nSPS) is 10.7. The molecule has 9 nitrogen and oxygen atoms in total. The molecule has 0 aliphatic heterocycles. The molecule has 34 heavy (non-hydrogen) atoms. The van der Waals surface area contributed by atoms with Crippen LogP contribution in [0.3, 0.4) is 0 Å². The molecule has 168 valence electrons. The topological polar surface area (TPSA) is 106 Å². The Hall–Kier alpha value is -4.79. The van der Waals surface area contributed by atoms with Crippen molar-refractivity contribution in [2.75, 3.05) is 17.2 Å². The summed E-state index contributed by atoms with van der Waals surface area (Å²) in [5.74, 6) is 1.38. The number of urea groups is 1. The molecule has 5 rings (SSSR count). The fourth-order valence-electron chi connectivity index (χ4n) is 3.47. The Balaban J connectivity index is 1.35. The third kappa shape index (κ3) is 4.53. The number of aromatic nitrogens is 5. The van der Waals surface area contributed by atoms with Crippen molar-refractivity contribution < 1.29 is 9.53 Å². The molecule has 0 saturated carbocycles. The standard InChI is InChI=1S/C25H21N7O2/c1-2-34-21-8-6-19(7-9-21)27-25(33)28-20-5-3-4-18(16-20)22-10-11-23-29-30-24(32(23)31-22)17-12-14-26-15-13-17/h3-16H,2H2,1H3,(H2,27,28,33). The lowest BCUT2D eigenvalue weighted by atomic mass is 10.1. The van der Waals surface area contributed by atoms with Crippen LogP contribution < -0.4 is 15.4 Å². The van der Waals surface area contributed by atoms with Gasteiger partial charge in [-0.2, -0.15) is 9.61 Å². The first-order chi connectivity index (χ1) is 16.7. The molecular weight excluding hydrogens is 430 g/mol. The number of benzene rings is 2. The minimum absolute atomic E-state index is 0.344. The lowest BCUT2D eigenvalue weighted by molar-refractivity contribution is 0.262. The number of fused-ring (bicyclic) bond motifs is 1. The van der Waals surface area contributed by atoms with Crippen LogP contribution in [-0.4, -0.2) is 37.4 Å². The zero-order chi connectivity index (χ0) is 23.3. The zero-order valence-corrected chi connectivity index (χ0v) is 18.3. The lowest BCUT2D eigenvalue weighted by Gasteiger charge is -2.10. The van der Waals surface area contributed by atoms with E-state index >= 15 is 0 Å². The molecule has 0 fully saturated rings. The molecule has 3 heterocycles. The molecule has 0 spiro atoms. The molecule has 0 unspecified atom stereocenters. The predicted molar refractivity (Wildman–Crippen MR) is 130 cm³/mol. The highest BCUT2D eigenvalue weighted by molar-refractivity contribution is 6.00. The van der Waals surface area contributed by atoms with Gasteiger partial charge in [0.05, 0.1) is 12.3 Å². The number of hydrogen-bond donors (Lipinski definition) is 2. The molecule has 0 bridgehead atoms. The van der Waals surface area contributed by atoms with E-state index in [1.165, 1.54) is 0 Å². The van der Waals surface area contributed by atoms with Gasteiger partial charge in [0.15, 0.2) is 11.5 Å². The second kappa shape index (κ2) is 9.37. The summed E-state index contributed by atoms with van der Waals surface area (Å²) >= 11 is 0. The van der Waals surface area contributed by atoms with Gasteiger partial charge in [-0.3, -0.25) is 4.98 Å². The molecule has 0 atom stereocenters. The fraction of sp³-hybridized carbons (Fsp3) is 0.0800. The van der Waals surface area contributed by atoms with E-state index in [1.54, 1.807) is 29.0 Å². The molecule has 0 aliphatic rings. The molecule has 0 saturated heterocycles. The van der Waals surface area contributed by atoms with Crippen molar-refractivity contribution in [3.8, 4) is 28.4 Å². The van der Waals surface area contributed by atoms with Crippen molar-refractivity contribution in [3.63, 3.8) is 0 Å². The van der Waals surface area contributed by atoms with Gasteiger partial charge >= 0.3 is 6.03 Å². The van der Waals surface area contributed by atoms with E-state index < -0.39 is 0 Å². The Morgan fingerprint density at radius 2 is 1.68 bits per heavy atom. The summed E-state index contributed by atoms with van der Waals surface area (Å²) in [6, 6.07) is 21.8. The molecular formula is C25H21N7O2. The molecule has 0 aliphatic carbocycles. The van der Waals surface area contributed by atoms with E-state index in [9.17, 15) is 4.79 Å². The summed E-state index contributed by atoms with van der Waals surface area (Å²) in [5, 5.41) is 18.9. The first-order valence-electron chi connectivity index (χ1n) is 10.7. The largest absolute Gasteiger partial charge is 0.494 e. The summed E-state index contributed by atoms with van der Waals surface area (Å²) in [7, 11) is 0. The van der Waals surface area contributed by atoms with Gasteiger partial charge in [-0.25, -0.2) is 4.79 Å². The Morgan fingerprint density at radius 3 is 2.47 bits per heavy atom. The van der Waals surface area contributed by atoms with Gasteiger partial charge in [-0.15, -0.1) is 10.2 Å². The van der Waals surface area contributed by atoms with Crippen LogP contribution in [0.4, 0.5) is 16.2 Å². The number of carbonyl (C=O) groups is 1. The smallest absolute Gasteiger partial charge is 0.323 e. The van der Waals surface area contributed by atoms with Crippen LogP contribution in [0, 0.1) is 0 Å². The van der Waals surface area contributed by atoms with E-state index in [4.69, 9.17) is 9.84 Å². The van der Waals surface area contributed by atoms with Gasteiger partial charge in [0, 0.05) is 34.9 Å². The first-order valence-corrected chi connectivity index (χ1v) is 10.7. The van der Waals surface area contributed by atoms with E-state index in [0.29, 0.717) is 29.5 Å². The van der Waals surface area contributed by atoms with Gasteiger partial charge in [0.25, 0.3) is 0 Å². The first kappa shape index (κ1) is 21.1. The molecule has 2 aromatic carbocycles. The Morgan fingerprint density at radius 1 is 0.882 bits per heavy atom. The van der Waals surface area contributed by atoms with E-state index in [-0.39, 0.29) is 6.03 Å². The molecule has 2 N–H and O–H groups in total. The zero-order valence-electron chi connectivity index (χ0n) is 18.3. The van der Waals surface area contributed by atoms with E-state index in [0.717, 1.165) is 22.6 Å². The van der Waals surface area contributed by atoms with Crippen LogP contribution in [0.5, 0.6) is 5.75 Å². The number of rotatable bonds is 6. The number of amides is 2. The highest BCUT2D eigenvalue weighted by Crippen LogP contribution is 2.23. The number of hydrogen-bond acceptors (Lipinski definition) is 6. The summed E-state index contributed by atoms with van der Waals surface area (Å²) < 4.78 is 7.12. The number of anilines is 2. The van der Waals surface area contributed by atoms with Crippen molar-refractivity contribution in [2.24, 2.45) is 0 Å². The average molecular weight is 451 g/mol. The van der Waals surface area contributed by atoms with Crippen molar-refractivity contribution in [1.82, 2.24) is 24.8 Å². The third-order valence-electron chi connectivity index (χ3n) is 5.04. The molecule has 5 aromatic rings. The Bertz CT molecular complexity index is 1430. The molecule has 3 aromatic heterocycles. The monoisotopic (exact) mass is 451 g/mol. The predicted octanol–water partition coefficient (Wildman–Crippen LogP) is 4.90. The highest BCUT2D eigenvalue weighted by atomic mass is 16.5. The molecule has 0 radical (unpaired) electrons. The van der Waals surface area contributed by atoms with Crippen molar-refractivity contribution in [1.29, 1.82) is 0 Å². The second-order valence-corrected chi connectivity index (χ2v) is 7.37. The van der Waals surface area contributed by atoms with Gasteiger partial charge < -0.3 is 15.4 Å². The number of carbonyl (C=O) groups excluding carboxylic acids is 1. The minimum atomic E-state index is -0.344. The summed E-state index contributed by atoms with van der Waals surface area (Å²) in [6.07, 6.45) is 3.40. The van der Waals surface area contributed by atoms with E-state index in [2.05, 4.69) is 25.8 Å². The van der Waals surface area contributed by atoms with Crippen LogP contribution in [0.1, 0.15) is 6.92 Å². The Labute approximate surface area is 195 Å². The highest BCUT2D eigenvalue weighted by Gasteiger charge is 2.11. The fourth-order valence-corrected chi connectivity index (χ4v) is 3.47. The maximum absolute atomic E-state index is 12.5. The Kier molecular flexibility index (Phi) is 5.81. The average Bonchev–Trinajstić information content (AvgIpc) is 3.29. The SMILES string of the molecule is CCOc1ccc(NC(=O)Nc2cccc(-c3ccc4nnc(-c5ccncc5)n4n3)c2)cc1. The number of nitrogens with one attached hydrogen (secondary N) is 2. The van der Waals surface area contributed by atoms with Crippen LogP contribution in [0.2, 0.25) is 0 Å². The number of ether oxygens (including phenoxy) is 1. The summed E-state index contributed by atoms with van der Waals surface area (Å²) in [4.78, 5) is 16.5. The van der Waals surface area contributed by atoms with Gasteiger partial charge in [-0.05, 0) is 67.6 Å². The van der Waals surface area contributed by atoms with Crippen molar-refractivity contribution >= 4 is 23.1 Å². The van der Waals surface area contributed by atoms with Crippen molar-refractivity contribution in [3.05, 3.63) is 85.2 Å². The second-order valence-electron chi connectivity index (χ2n) is 7.37. The maximum atomic E-state index is 12.5. The van der Waals surface area contributed by atoms with E-state index in [1.807, 2.05) is 67.6 Å². The minimum Gasteiger partial charge on any atom is -0.494 e. The third-order valence-corrected chi connectivity index (χ3v) is 5.04. The van der Waals surface area contributed by atoms with Gasteiger partial charge in [0.2, 0.25) is 0 Å².